The Kier molecular flexibility index (Phi) is 5.08. The van der Waals surface area contributed by atoms with Crippen LogP contribution in [0.2, 0.25) is 0 Å². The Morgan fingerprint density at radius 3 is 2.68 bits per heavy atom. The van der Waals surface area contributed by atoms with Gasteiger partial charge < -0.3 is 15.4 Å². The number of aryl methyl sites for hydroxylation is 1. The van der Waals surface area contributed by atoms with Gasteiger partial charge in [0, 0.05) is 13.2 Å². The summed E-state index contributed by atoms with van der Waals surface area (Å²) in [6.45, 7) is 2.18. The summed E-state index contributed by atoms with van der Waals surface area (Å²) in [6.07, 6.45) is 3.55. The van der Waals surface area contributed by atoms with Crippen LogP contribution in [0.25, 0.3) is 5.76 Å². The fourth-order valence-corrected chi connectivity index (χ4v) is 1.87. The SMILES string of the molecule is Cc1nc(N(C)C=O)cnc1/C(=C\N)OCc1ccccc1. The lowest BCUT2D eigenvalue weighted by atomic mass is 10.2. The van der Waals surface area contributed by atoms with Crippen LogP contribution >= 0.6 is 0 Å². The molecule has 0 aliphatic carbocycles. The number of ether oxygens (including phenoxy) is 1. The normalized spacial score (nSPS) is 11.1. The summed E-state index contributed by atoms with van der Waals surface area (Å²) < 4.78 is 5.72. The topological polar surface area (TPSA) is 81.3 Å². The molecule has 0 fully saturated rings. The van der Waals surface area contributed by atoms with Gasteiger partial charge in [0.25, 0.3) is 0 Å². The van der Waals surface area contributed by atoms with E-state index in [0.717, 1.165) is 5.56 Å². The molecule has 0 spiro atoms. The molecule has 1 aromatic carbocycles. The first-order valence-electron chi connectivity index (χ1n) is 6.76. The highest BCUT2D eigenvalue weighted by molar-refractivity contribution is 5.72. The number of benzene rings is 1. The largest absolute Gasteiger partial charge is 0.485 e. The van der Waals surface area contributed by atoms with Gasteiger partial charge in [0.1, 0.15) is 12.3 Å². The summed E-state index contributed by atoms with van der Waals surface area (Å²) >= 11 is 0. The predicted octanol–water partition coefficient (Wildman–Crippen LogP) is 1.85. The summed E-state index contributed by atoms with van der Waals surface area (Å²) in [6, 6.07) is 9.77. The maximum atomic E-state index is 10.8. The quantitative estimate of drug-likeness (QED) is 0.650. The van der Waals surface area contributed by atoms with E-state index in [-0.39, 0.29) is 0 Å². The van der Waals surface area contributed by atoms with E-state index in [1.165, 1.54) is 17.3 Å². The Morgan fingerprint density at radius 2 is 2.09 bits per heavy atom. The minimum Gasteiger partial charge on any atom is -0.485 e. The second-order valence-electron chi connectivity index (χ2n) is 4.68. The van der Waals surface area contributed by atoms with E-state index in [1.807, 2.05) is 30.3 Å². The van der Waals surface area contributed by atoms with Gasteiger partial charge in [0.15, 0.2) is 11.6 Å². The Morgan fingerprint density at radius 1 is 1.36 bits per heavy atom. The highest BCUT2D eigenvalue weighted by Crippen LogP contribution is 2.19. The second kappa shape index (κ2) is 7.21. The van der Waals surface area contributed by atoms with Gasteiger partial charge in [-0.05, 0) is 12.5 Å². The molecule has 0 unspecified atom stereocenters. The molecule has 114 valence electrons. The van der Waals surface area contributed by atoms with Crippen molar-refractivity contribution >= 4 is 18.0 Å². The van der Waals surface area contributed by atoms with Crippen LogP contribution in [0.4, 0.5) is 5.82 Å². The zero-order valence-electron chi connectivity index (χ0n) is 12.6. The molecule has 1 heterocycles. The Hall–Kier alpha value is -2.89. The number of carbonyl (C=O) groups is 1. The summed E-state index contributed by atoms with van der Waals surface area (Å²) in [5, 5.41) is 0. The molecule has 0 bridgehead atoms. The van der Waals surface area contributed by atoms with Gasteiger partial charge in [0.2, 0.25) is 6.41 Å². The molecule has 1 amide bonds. The van der Waals surface area contributed by atoms with Gasteiger partial charge in [-0.3, -0.25) is 4.79 Å². The van der Waals surface area contributed by atoms with Crippen molar-refractivity contribution in [2.45, 2.75) is 13.5 Å². The second-order valence-corrected chi connectivity index (χ2v) is 4.68. The molecule has 2 N–H and O–H groups in total. The fourth-order valence-electron chi connectivity index (χ4n) is 1.87. The average Bonchev–Trinajstić information content (AvgIpc) is 2.56. The van der Waals surface area contributed by atoms with E-state index in [9.17, 15) is 4.79 Å². The van der Waals surface area contributed by atoms with Crippen molar-refractivity contribution in [1.29, 1.82) is 0 Å². The van der Waals surface area contributed by atoms with Crippen molar-refractivity contribution in [3.8, 4) is 0 Å². The number of carbonyl (C=O) groups excluding carboxylic acids is 1. The van der Waals surface area contributed by atoms with Crippen LogP contribution in [0.5, 0.6) is 0 Å². The van der Waals surface area contributed by atoms with Gasteiger partial charge >= 0.3 is 0 Å². The van der Waals surface area contributed by atoms with E-state index >= 15 is 0 Å². The number of aromatic nitrogens is 2. The van der Waals surface area contributed by atoms with Crippen LogP contribution in [-0.4, -0.2) is 23.4 Å². The summed E-state index contributed by atoms with van der Waals surface area (Å²) in [5.41, 5.74) is 7.86. The number of nitrogens with two attached hydrogens (primary N) is 1. The maximum Gasteiger partial charge on any atom is 0.215 e. The molecule has 0 radical (unpaired) electrons. The predicted molar refractivity (Wildman–Crippen MR) is 84.6 cm³/mol. The van der Waals surface area contributed by atoms with Gasteiger partial charge in [0.05, 0.1) is 11.9 Å². The van der Waals surface area contributed by atoms with E-state index in [1.54, 1.807) is 14.0 Å². The van der Waals surface area contributed by atoms with E-state index < -0.39 is 0 Å². The molecular formula is C16H18N4O2. The average molecular weight is 298 g/mol. The van der Waals surface area contributed by atoms with Crippen molar-refractivity contribution in [1.82, 2.24) is 9.97 Å². The highest BCUT2D eigenvalue weighted by atomic mass is 16.5. The first-order chi connectivity index (χ1) is 10.7. The monoisotopic (exact) mass is 298 g/mol. The Bertz CT molecular complexity index is 671. The molecule has 6 heteroatoms. The number of anilines is 1. The van der Waals surface area contributed by atoms with E-state index in [2.05, 4.69) is 9.97 Å². The van der Waals surface area contributed by atoms with E-state index in [0.29, 0.717) is 36.0 Å². The molecule has 6 nitrogen and oxygen atoms in total. The summed E-state index contributed by atoms with van der Waals surface area (Å²) in [7, 11) is 1.61. The highest BCUT2D eigenvalue weighted by Gasteiger charge is 2.12. The molecule has 0 aliphatic rings. The molecule has 0 aliphatic heterocycles. The van der Waals surface area contributed by atoms with Crippen LogP contribution < -0.4 is 10.6 Å². The molecule has 0 saturated heterocycles. The smallest absolute Gasteiger partial charge is 0.215 e. The van der Waals surface area contributed by atoms with Crippen molar-refractivity contribution in [2.75, 3.05) is 11.9 Å². The molecule has 2 rings (SSSR count). The van der Waals surface area contributed by atoms with Crippen LogP contribution in [0.1, 0.15) is 17.0 Å². The molecule has 1 aromatic heterocycles. The lowest BCUT2D eigenvalue weighted by Gasteiger charge is -2.14. The zero-order chi connectivity index (χ0) is 15.9. The van der Waals surface area contributed by atoms with E-state index in [4.69, 9.17) is 10.5 Å². The third kappa shape index (κ3) is 3.60. The third-order valence-electron chi connectivity index (χ3n) is 3.08. The maximum absolute atomic E-state index is 10.8. The standard InChI is InChI=1S/C16H18N4O2/c1-12-16(18-9-15(19-12)20(2)11-21)14(8-17)22-10-13-6-4-3-5-7-13/h3-9,11H,10,17H2,1-2H3/b14-8+. The van der Waals surface area contributed by atoms with Gasteiger partial charge in [-0.25, -0.2) is 9.97 Å². The van der Waals surface area contributed by atoms with Crippen molar-refractivity contribution in [2.24, 2.45) is 5.73 Å². The van der Waals surface area contributed by atoms with Gasteiger partial charge in [-0.2, -0.15) is 0 Å². The Labute approximate surface area is 129 Å². The molecule has 22 heavy (non-hydrogen) atoms. The van der Waals surface area contributed by atoms with Crippen LogP contribution in [0.3, 0.4) is 0 Å². The first kappa shape index (κ1) is 15.5. The van der Waals surface area contributed by atoms with Crippen molar-refractivity contribution < 1.29 is 9.53 Å². The summed E-state index contributed by atoms with van der Waals surface area (Å²) in [5.74, 6) is 0.921. The Balaban J connectivity index is 2.16. The molecule has 0 atom stereocenters. The minimum atomic E-state index is 0.390. The molecular weight excluding hydrogens is 280 g/mol. The number of hydrogen-bond acceptors (Lipinski definition) is 5. The van der Waals surface area contributed by atoms with Crippen molar-refractivity contribution in [3.63, 3.8) is 0 Å². The molecule has 2 aromatic rings. The number of rotatable bonds is 6. The van der Waals surface area contributed by atoms with Gasteiger partial charge in [-0.15, -0.1) is 0 Å². The number of nitrogens with zero attached hydrogens (tertiary/aromatic N) is 3. The van der Waals surface area contributed by atoms with Crippen LogP contribution in [0, 0.1) is 6.92 Å². The lowest BCUT2D eigenvalue weighted by Crippen LogP contribution is -2.16. The van der Waals surface area contributed by atoms with Crippen LogP contribution in [-0.2, 0) is 16.1 Å². The zero-order valence-corrected chi connectivity index (χ0v) is 12.6. The number of amides is 1. The number of hydrogen-bond donors (Lipinski definition) is 1. The van der Waals surface area contributed by atoms with Crippen molar-refractivity contribution in [3.05, 3.63) is 59.7 Å². The lowest BCUT2D eigenvalue weighted by molar-refractivity contribution is -0.107. The fraction of sp³-hybridized carbons (Fsp3) is 0.188. The minimum absolute atomic E-state index is 0.390. The summed E-state index contributed by atoms with van der Waals surface area (Å²) in [4.78, 5) is 20.7. The van der Waals surface area contributed by atoms with Gasteiger partial charge in [-0.1, -0.05) is 30.3 Å². The first-order valence-corrected chi connectivity index (χ1v) is 6.76. The third-order valence-corrected chi connectivity index (χ3v) is 3.08. The molecule has 0 saturated carbocycles. The van der Waals surface area contributed by atoms with Crippen LogP contribution in [0.15, 0.2) is 42.7 Å².